The van der Waals surface area contributed by atoms with Gasteiger partial charge in [0.25, 0.3) is 0 Å². The summed E-state index contributed by atoms with van der Waals surface area (Å²) in [5.41, 5.74) is 0.864. The van der Waals surface area contributed by atoms with Crippen molar-refractivity contribution in [2.75, 3.05) is 44.3 Å². The number of carbonyl (C=O) groups is 1. The fourth-order valence-corrected chi connectivity index (χ4v) is 3.29. The van der Waals surface area contributed by atoms with E-state index in [-0.39, 0.29) is 5.91 Å². The van der Waals surface area contributed by atoms with Crippen molar-refractivity contribution >= 4 is 23.4 Å². The average Bonchev–Trinajstić information content (AvgIpc) is 3.10. The minimum atomic E-state index is 0.0488. The second kappa shape index (κ2) is 8.37. The molecule has 128 valence electrons. The molecule has 0 bridgehead atoms. The summed E-state index contributed by atoms with van der Waals surface area (Å²) < 4.78 is 5.39. The molecule has 1 aromatic heterocycles. The number of nitrogens with one attached hydrogen (secondary N) is 1. The molecule has 0 spiro atoms. The summed E-state index contributed by atoms with van der Waals surface area (Å²) in [4.78, 5) is 17.9. The fourth-order valence-electron chi connectivity index (χ4n) is 2.83. The van der Waals surface area contributed by atoms with Crippen LogP contribution in [0.2, 0.25) is 0 Å². The molecule has 0 radical (unpaired) electrons. The third-order valence-electron chi connectivity index (χ3n) is 4.15. The molecule has 1 amide bonds. The van der Waals surface area contributed by atoms with E-state index in [0.29, 0.717) is 6.54 Å². The molecule has 0 unspecified atom stereocenters. The number of anilines is 1. The Hall–Kier alpha value is -1.76. The van der Waals surface area contributed by atoms with Crippen molar-refractivity contribution in [3.63, 3.8) is 0 Å². The maximum Gasteiger partial charge on any atom is 0.238 e. The second-order valence-corrected chi connectivity index (χ2v) is 6.79. The van der Waals surface area contributed by atoms with Crippen LogP contribution >= 0.6 is 11.8 Å². The number of nitrogens with zero attached hydrogens (tertiary/aromatic N) is 2. The Kier molecular flexibility index (Phi) is 5.96. The van der Waals surface area contributed by atoms with Gasteiger partial charge < -0.3 is 9.73 Å². The van der Waals surface area contributed by atoms with Crippen molar-refractivity contribution in [2.45, 2.75) is 11.4 Å². The number of benzene rings is 1. The van der Waals surface area contributed by atoms with Gasteiger partial charge in [-0.15, -0.1) is 11.8 Å². The first-order valence-electron chi connectivity index (χ1n) is 8.14. The number of hydrogen-bond acceptors (Lipinski definition) is 5. The van der Waals surface area contributed by atoms with Crippen molar-refractivity contribution in [3.05, 3.63) is 48.4 Å². The molecule has 1 saturated heterocycles. The van der Waals surface area contributed by atoms with Gasteiger partial charge in [-0.25, -0.2) is 0 Å². The molecular formula is C18H23N3O2S. The molecule has 1 aliphatic rings. The van der Waals surface area contributed by atoms with Gasteiger partial charge >= 0.3 is 0 Å². The van der Waals surface area contributed by atoms with Crippen LogP contribution in [0.5, 0.6) is 0 Å². The van der Waals surface area contributed by atoms with Crippen molar-refractivity contribution in [1.29, 1.82) is 0 Å². The third kappa shape index (κ3) is 4.87. The summed E-state index contributed by atoms with van der Waals surface area (Å²) in [6.07, 6.45) is 3.74. The Labute approximate surface area is 147 Å². The first-order chi connectivity index (χ1) is 11.7. The molecule has 0 aliphatic carbocycles. The van der Waals surface area contributed by atoms with Crippen LogP contribution in [0.1, 0.15) is 5.76 Å². The predicted octanol–water partition coefficient (Wildman–Crippen LogP) is 2.76. The lowest BCUT2D eigenvalue weighted by atomic mass is 10.3. The summed E-state index contributed by atoms with van der Waals surface area (Å²) >= 11 is 1.67. The lowest BCUT2D eigenvalue weighted by Gasteiger charge is -2.33. The van der Waals surface area contributed by atoms with Crippen LogP contribution in [-0.4, -0.2) is 54.7 Å². The standard InChI is InChI=1S/C18H23N3O2S/c1-24-17-6-2-4-15(12-17)19-18(22)14-21-9-7-20(8-10-21)13-16-5-3-11-23-16/h2-6,11-12H,7-10,13-14H2,1H3,(H,19,22). The molecular weight excluding hydrogens is 322 g/mol. The maximum atomic E-state index is 12.2. The zero-order valence-electron chi connectivity index (χ0n) is 13.9. The second-order valence-electron chi connectivity index (χ2n) is 5.91. The van der Waals surface area contributed by atoms with Crippen LogP contribution in [0.25, 0.3) is 0 Å². The fraction of sp³-hybridized carbons (Fsp3) is 0.389. The largest absolute Gasteiger partial charge is 0.468 e. The number of amides is 1. The summed E-state index contributed by atoms with van der Waals surface area (Å²) in [5.74, 6) is 1.04. The van der Waals surface area contributed by atoms with Crippen LogP contribution in [0, 0.1) is 0 Å². The van der Waals surface area contributed by atoms with Crippen molar-refractivity contribution in [1.82, 2.24) is 9.80 Å². The van der Waals surface area contributed by atoms with E-state index in [1.54, 1.807) is 18.0 Å². The number of carbonyl (C=O) groups excluding carboxylic acids is 1. The average molecular weight is 345 g/mol. The molecule has 2 heterocycles. The molecule has 24 heavy (non-hydrogen) atoms. The lowest BCUT2D eigenvalue weighted by Crippen LogP contribution is -2.48. The van der Waals surface area contributed by atoms with Crippen molar-refractivity contribution in [2.24, 2.45) is 0 Å². The Balaban J connectivity index is 1.42. The molecule has 0 saturated carbocycles. The van der Waals surface area contributed by atoms with E-state index in [2.05, 4.69) is 15.1 Å². The van der Waals surface area contributed by atoms with E-state index in [9.17, 15) is 4.79 Å². The topological polar surface area (TPSA) is 48.7 Å². The van der Waals surface area contributed by atoms with E-state index in [0.717, 1.165) is 49.1 Å². The first-order valence-corrected chi connectivity index (χ1v) is 9.36. The van der Waals surface area contributed by atoms with Gasteiger partial charge in [0.1, 0.15) is 5.76 Å². The van der Waals surface area contributed by atoms with Gasteiger partial charge in [-0.05, 0) is 36.6 Å². The molecule has 5 nitrogen and oxygen atoms in total. The van der Waals surface area contributed by atoms with Crippen LogP contribution in [0.15, 0.2) is 52.0 Å². The molecule has 1 aliphatic heterocycles. The van der Waals surface area contributed by atoms with E-state index in [1.807, 2.05) is 42.7 Å². The van der Waals surface area contributed by atoms with Gasteiger partial charge in [-0.2, -0.15) is 0 Å². The molecule has 2 aromatic rings. The highest BCUT2D eigenvalue weighted by molar-refractivity contribution is 7.98. The number of piperazine rings is 1. The van der Waals surface area contributed by atoms with Gasteiger partial charge in [0, 0.05) is 36.8 Å². The Morgan fingerprint density at radius 2 is 1.96 bits per heavy atom. The lowest BCUT2D eigenvalue weighted by molar-refractivity contribution is -0.117. The Morgan fingerprint density at radius 1 is 1.17 bits per heavy atom. The first kappa shape index (κ1) is 17.1. The smallest absolute Gasteiger partial charge is 0.238 e. The zero-order valence-corrected chi connectivity index (χ0v) is 14.7. The number of furan rings is 1. The van der Waals surface area contributed by atoms with Gasteiger partial charge in [-0.1, -0.05) is 6.07 Å². The normalized spacial score (nSPS) is 16.2. The summed E-state index contributed by atoms with van der Waals surface area (Å²) in [6, 6.07) is 11.9. The summed E-state index contributed by atoms with van der Waals surface area (Å²) in [6.45, 7) is 5.00. The number of thioether (sulfide) groups is 1. The number of rotatable bonds is 6. The van der Waals surface area contributed by atoms with Crippen molar-refractivity contribution in [3.8, 4) is 0 Å². The quantitative estimate of drug-likeness (QED) is 0.816. The van der Waals surface area contributed by atoms with E-state index < -0.39 is 0 Å². The van der Waals surface area contributed by atoms with E-state index in [1.165, 1.54) is 0 Å². The van der Waals surface area contributed by atoms with Crippen LogP contribution < -0.4 is 5.32 Å². The van der Waals surface area contributed by atoms with Gasteiger partial charge in [0.2, 0.25) is 5.91 Å². The van der Waals surface area contributed by atoms with Gasteiger partial charge in [-0.3, -0.25) is 14.6 Å². The van der Waals surface area contributed by atoms with E-state index >= 15 is 0 Å². The highest BCUT2D eigenvalue weighted by atomic mass is 32.2. The molecule has 6 heteroatoms. The Morgan fingerprint density at radius 3 is 2.67 bits per heavy atom. The third-order valence-corrected chi connectivity index (χ3v) is 4.87. The van der Waals surface area contributed by atoms with Crippen LogP contribution in [-0.2, 0) is 11.3 Å². The summed E-state index contributed by atoms with van der Waals surface area (Å²) in [7, 11) is 0. The minimum absolute atomic E-state index is 0.0488. The molecule has 1 fully saturated rings. The molecule has 1 N–H and O–H groups in total. The monoisotopic (exact) mass is 345 g/mol. The predicted molar refractivity (Wildman–Crippen MR) is 97.3 cm³/mol. The summed E-state index contributed by atoms with van der Waals surface area (Å²) in [5, 5.41) is 2.99. The van der Waals surface area contributed by atoms with Crippen LogP contribution in [0.4, 0.5) is 5.69 Å². The van der Waals surface area contributed by atoms with Crippen LogP contribution in [0.3, 0.4) is 0 Å². The molecule has 0 atom stereocenters. The molecule has 1 aromatic carbocycles. The highest BCUT2D eigenvalue weighted by Crippen LogP contribution is 2.19. The van der Waals surface area contributed by atoms with E-state index in [4.69, 9.17) is 4.42 Å². The van der Waals surface area contributed by atoms with Gasteiger partial charge in [0.15, 0.2) is 0 Å². The number of hydrogen-bond donors (Lipinski definition) is 1. The Bertz CT molecular complexity index is 652. The minimum Gasteiger partial charge on any atom is -0.468 e. The zero-order chi connectivity index (χ0) is 16.8. The molecule has 3 rings (SSSR count). The highest BCUT2D eigenvalue weighted by Gasteiger charge is 2.19. The SMILES string of the molecule is CSc1cccc(NC(=O)CN2CCN(Cc3ccco3)CC2)c1. The van der Waals surface area contributed by atoms with Gasteiger partial charge in [0.05, 0.1) is 19.4 Å². The van der Waals surface area contributed by atoms with Crippen molar-refractivity contribution < 1.29 is 9.21 Å². The maximum absolute atomic E-state index is 12.2.